The maximum Gasteiger partial charge on any atom is 0.325 e. The fourth-order valence-electron chi connectivity index (χ4n) is 1.18. The van der Waals surface area contributed by atoms with Crippen molar-refractivity contribution in [1.29, 1.82) is 0 Å². The van der Waals surface area contributed by atoms with Crippen LogP contribution in [0.15, 0.2) is 28.7 Å². The number of benzene rings is 1. The second kappa shape index (κ2) is 7.64. The summed E-state index contributed by atoms with van der Waals surface area (Å²) in [6.45, 7) is -0.615. The fraction of sp³-hybridized carbons (Fsp3) is 0.308. The van der Waals surface area contributed by atoms with Crippen LogP contribution < -0.4 is 5.32 Å². The standard InChI is InChI=1S/C13H15BrN2O4/c1-16(2)11(17)8-20-12(18)7-15-13(19)9-3-5-10(14)6-4-9/h3-6H,7-8H2,1-2H3,(H,15,19). The second-order valence-corrected chi connectivity index (χ2v) is 5.05. The summed E-state index contributed by atoms with van der Waals surface area (Å²) in [6.07, 6.45) is 0. The maximum atomic E-state index is 11.7. The quantitative estimate of drug-likeness (QED) is 0.803. The predicted octanol–water partition coefficient (Wildman–Crippen LogP) is 0.810. The molecule has 0 bridgehead atoms. The molecule has 0 radical (unpaired) electrons. The van der Waals surface area contributed by atoms with E-state index in [-0.39, 0.29) is 25.0 Å². The van der Waals surface area contributed by atoms with Gasteiger partial charge in [0.05, 0.1) is 0 Å². The Morgan fingerprint density at radius 1 is 1.20 bits per heavy atom. The van der Waals surface area contributed by atoms with Crippen molar-refractivity contribution in [3.8, 4) is 0 Å². The minimum absolute atomic E-state index is 0.282. The summed E-state index contributed by atoms with van der Waals surface area (Å²) in [5.41, 5.74) is 0.436. The van der Waals surface area contributed by atoms with Crippen LogP contribution in [0.4, 0.5) is 0 Å². The third-order valence-corrected chi connectivity index (χ3v) is 2.88. The summed E-state index contributed by atoms with van der Waals surface area (Å²) in [7, 11) is 3.12. The van der Waals surface area contributed by atoms with Crippen molar-refractivity contribution in [2.45, 2.75) is 0 Å². The molecule has 0 atom stereocenters. The summed E-state index contributed by atoms with van der Waals surface area (Å²) in [5, 5.41) is 2.42. The Labute approximate surface area is 125 Å². The van der Waals surface area contributed by atoms with Crippen molar-refractivity contribution in [3.05, 3.63) is 34.3 Å². The van der Waals surface area contributed by atoms with Crippen LogP contribution in [0.2, 0.25) is 0 Å². The van der Waals surface area contributed by atoms with Gasteiger partial charge in [0.1, 0.15) is 6.54 Å². The normalized spacial score (nSPS) is 9.75. The van der Waals surface area contributed by atoms with Gasteiger partial charge in [0.25, 0.3) is 11.8 Å². The first kappa shape index (κ1) is 16.2. The van der Waals surface area contributed by atoms with Gasteiger partial charge in [0, 0.05) is 24.1 Å². The Hall–Kier alpha value is -1.89. The minimum Gasteiger partial charge on any atom is -0.454 e. The first-order valence-electron chi connectivity index (χ1n) is 5.79. The van der Waals surface area contributed by atoms with E-state index in [1.54, 1.807) is 38.4 Å². The van der Waals surface area contributed by atoms with Gasteiger partial charge < -0.3 is 15.0 Å². The van der Waals surface area contributed by atoms with Crippen molar-refractivity contribution in [2.75, 3.05) is 27.2 Å². The molecule has 1 aromatic rings. The van der Waals surface area contributed by atoms with E-state index in [9.17, 15) is 14.4 Å². The van der Waals surface area contributed by atoms with Crippen LogP contribution in [0.1, 0.15) is 10.4 Å². The van der Waals surface area contributed by atoms with Crippen LogP contribution in [0.5, 0.6) is 0 Å². The van der Waals surface area contributed by atoms with Crippen LogP contribution in [-0.2, 0) is 14.3 Å². The molecular formula is C13H15BrN2O4. The molecule has 1 rings (SSSR count). The minimum atomic E-state index is -0.661. The van der Waals surface area contributed by atoms with Crippen LogP contribution >= 0.6 is 15.9 Å². The molecule has 0 saturated heterocycles. The van der Waals surface area contributed by atoms with Crippen molar-refractivity contribution in [2.24, 2.45) is 0 Å². The van der Waals surface area contributed by atoms with Gasteiger partial charge >= 0.3 is 5.97 Å². The van der Waals surface area contributed by atoms with E-state index in [0.717, 1.165) is 4.47 Å². The molecule has 1 aromatic carbocycles. The van der Waals surface area contributed by atoms with Crippen molar-refractivity contribution < 1.29 is 19.1 Å². The fourth-order valence-corrected chi connectivity index (χ4v) is 1.44. The van der Waals surface area contributed by atoms with Gasteiger partial charge in [-0.3, -0.25) is 14.4 Å². The molecule has 0 aromatic heterocycles. The Kier molecular flexibility index (Phi) is 6.17. The molecule has 0 heterocycles. The van der Waals surface area contributed by atoms with E-state index < -0.39 is 5.97 Å². The zero-order valence-corrected chi connectivity index (χ0v) is 12.8. The van der Waals surface area contributed by atoms with Crippen LogP contribution in [0, 0.1) is 0 Å². The Morgan fingerprint density at radius 3 is 2.35 bits per heavy atom. The van der Waals surface area contributed by atoms with Gasteiger partial charge in [-0.25, -0.2) is 0 Å². The smallest absolute Gasteiger partial charge is 0.325 e. The number of likely N-dealkylation sites (N-methyl/N-ethyl adjacent to an activating group) is 1. The third-order valence-electron chi connectivity index (χ3n) is 2.36. The average molecular weight is 343 g/mol. The van der Waals surface area contributed by atoms with E-state index in [4.69, 9.17) is 4.74 Å². The molecule has 1 N–H and O–H groups in total. The number of carbonyl (C=O) groups is 3. The number of halogens is 1. The van der Waals surface area contributed by atoms with Crippen LogP contribution in [0.25, 0.3) is 0 Å². The number of rotatable bonds is 5. The zero-order chi connectivity index (χ0) is 15.1. The molecule has 0 saturated carbocycles. The lowest BCUT2D eigenvalue weighted by Crippen LogP contribution is -2.33. The van der Waals surface area contributed by atoms with Crippen molar-refractivity contribution in [3.63, 3.8) is 0 Å². The first-order chi connectivity index (χ1) is 9.40. The summed E-state index contributed by atoms with van der Waals surface area (Å²) in [6, 6.07) is 6.70. The summed E-state index contributed by atoms with van der Waals surface area (Å²) in [4.78, 5) is 35.6. The third kappa shape index (κ3) is 5.40. The Balaban J connectivity index is 2.35. The van der Waals surface area contributed by atoms with Crippen LogP contribution in [-0.4, -0.2) is 49.9 Å². The van der Waals surface area contributed by atoms with Crippen LogP contribution in [0.3, 0.4) is 0 Å². The number of carbonyl (C=O) groups excluding carboxylic acids is 3. The number of hydrogen-bond donors (Lipinski definition) is 1. The number of esters is 1. The molecule has 0 unspecified atom stereocenters. The summed E-state index contributed by atoms with van der Waals surface area (Å²) >= 11 is 3.26. The predicted molar refractivity (Wildman–Crippen MR) is 76.1 cm³/mol. The monoisotopic (exact) mass is 342 g/mol. The molecule has 2 amide bonds. The largest absolute Gasteiger partial charge is 0.454 e. The molecule has 20 heavy (non-hydrogen) atoms. The summed E-state index contributed by atoms with van der Waals surface area (Å²) in [5.74, 6) is -1.36. The van der Waals surface area contributed by atoms with E-state index >= 15 is 0 Å². The average Bonchev–Trinajstić information content (AvgIpc) is 2.42. The zero-order valence-electron chi connectivity index (χ0n) is 11.2. The second-order valence-electron chi connectivity index (χ2n) is 4.14. The highest BCUT2D eigenvalue weighted by Gasteiger charge is 2.11. The van der Waals surface area contributed by atoms with Gasteiger partial charge in [-0.2, -0.15) is 0 Å². The SMILES string of the molecule is CN(C)C(=O)COC(=O)CNC(=O)c1ccc(Br)cc1. The Bertz CT molecular complexity index is 500. The number of nitrogens with zero attached hydrogens (tertiary/aromatic N) is 1. The molecule has 0 aliphatic heterocycles. The lowest BCUT2D eigenvalue weighted by molar-refractivity contribution is -0.150. The number of amides is 2. The van der Waals surface area contributed by atoms with E-state index in [1.165, 1.54) is 4.90 Å². The molecule has 0 spiro atoms. The molecule has 7 heteroatoms. The summed E-state index contributed by atoms with van der Waals surface area (Å²) < 4.78 is 5.58. The van der Waals surface area contributed by atoms with Gasteiger partial charge in [-0.15, -0.1) is 0 Å². The number of ether oxygens (including phenoxy) is 1. The van der Waals surface area contributed by atoms with E-state index in [2.05, 4.69) is 21.2 Å². The van der Waals surface area contributed by atoms with Gasteiger partial charge in [-0.05, 0) is 24.3 Å². The highest BCUT2D eigenvalue weighted by atomic mass is 79.9. The number of hydrogen-bond acceptors (Lipinski definition) is 4. The van der Waals surface area contributed by atoms with E-state index in [0.29, 0.717) is 5.56 Å². The maximum absolute atomic E-state index is 11.7. The van der Waals surface area contributed by atoms with Crippen molar-refractivity contribution >= 4 is 33.7 Å². The molecule has 0 aliphatic rings. The van der Waals surface area contributed by atoms with Gasteiger partial charge in [0.15, 0.2) is 6.61 Å². The molecule has 6 nitrogen and oxygen atoms in total. The van der Waals surface area contributed by atoms with Gasteiger partial charge in [0.2, 0.25) is 0 Å². The lowest BCUT2D eigenvalue weighted by Gasteiger charge is -2.10. The van der Waals surface area contributed by atoms with E-state index in [1.807, 2.05) is 0 Å². The Morgan fingerprint density at radius 2 is 1.80 bits per heavy atom. The molecular weight excluding hydrogens is 328 g/mol. The van der Waals surface area contributed by atoms with Gasteiger partial charge in [-0.1, -0.05) is 15.9 Å². The molecule has 0 aliphatic carbocycles. The topological polar surface area (TPSA) is 75.7 Å². The highest BCUT2D eigenvalue weighted by molar-refractivity contribution is 9.10. The number of nitrogens with one attached hydrogen (secondary N) is 1. The lowest BCUT2D eigenvalue weighted by atomic mass is 10.2. The first-order valence-corrected chi connectivity index (χ1v) is 6.59. The molecule has 108 valence electrons. The van der Waals surface area contributed by atoms with Crippen molar-refractivity contribution in [1.82, 2.24) is 10.2 Å². The highest BCUT2D eigenvalue weighted by Crippen LogP contribution is 2.10. The molecule has 0 fully saturated rings.